The molecule has 0 N–H and O–H groups in total. The van der Waals surface area contributed by atoms with E-state index in [0.29, 0.717) is 0 Å². The highest BCUT2D eigenvalue weighted by Crippen LogP contribution is 2.30. The molecule has 5 heteroatoms. The van der Waals surface area contributed by atoms with Crippen LogP contribution < -0.4 is 0 Å². The van der Waals surface area contributed by atoms with Crippen LogP contribution in [0.2, 0.25) is 0 Å². The van der Waals surface area contributed by atoms with E-state index in [1.807, 2.05) is 6.20 Å². The van der Waals surface area contributed by atoms with E-state index in [4.69, 9.17) is 4.74 Å². The van der Waals surface area contributed by atoms with E-state index in [2.05, 4.69) is 26.6 Å². The van der Waals surface area contributed by atoms with E-state index in [-0.39, 0.29) is 5.60 Å². The average Bonchev–Trinajstić information content (AvgIpc) is 2.85. The lowest BCUT2D eigenvalue weighted by atomic mass is 9.89. The summed E-state index contributed by atoms with van der Waals surface area (Å²) in [5.41, 5.74) is 1.48. The summed E-state index contributed by atoms with van der Waals surface area (Å²) < 4.78 is 10.2. The summed E-state index contributed by atoms with van der Waals surface area (Å²) in [5.74, 6) is 0. The van der Waals surface area contributed by atoms with E-state index >= 15 is 0 Å². The molecule has 2 saturated heterocycles. The summed E-state index contributed by atoms with van der Waals surface area (Å²) in [7, 11) is 2.20. The van der Waals surface area contributed by atoms with Gasteiger partial charge in [-0.3, -0.25) is 4.90 Å². The Morgan fingerprint density at radius 3 is 2.89 bits per heavy atom. The number of rotatable bonds is 2. The molecule has 100 valence electrons. The Bertz CT molecular complexity index is 374. The van der Waals surface area contributed by atoms with Crippen molar-refractivity contribution in [3.63, 3.8) is 0 Å². The fourth-order valence-corrected chi connectivity index (χ4v) is 3.55. The van der Waals surface area contributed by atoms with Gasteiger partial charge in [-0.05, 0) is 37.0 Å². The molecule has 1 aromatic heterocycles. The van der Waals surface area contributed by atoms with Gasteiger partial charge < -0.3 is 9.64 Å². The van der Waals surface area contributed by atoms with Crippen molar-refractivity contribution in [1.82, 2.24) is 14.2 Å². The maximum Gasteiger partial charge on any atom is 0.0833 e. The van der Waals surface area contributed by atoms with Crippen LogP contribution in [0.15, 0.2) is 11.6 Å². The molecule has 2 fully saturated rings. The van der Waals surface area contributed by atoms with Crippen molar-refractivity contribution in [3.8, 4) is 0 Å². The Labute approximate surface area is 113 Å². The van der Waals surface area contributed by atoms with Crippen LogP contribution in [0.4, 0.5) is 0 Å². The van der Waals surface area contributed by atoms with Gasteiger partial charge in [0.1, 0.15) is 0 Å². The maximum atomic E-state index is 6.08. The van der Waals surface area contributed by atoms with E-state index in [1.165, 1.54) is 5.56 Å². The minimum atomic E-state index is 0.135. The highest BCUT2D eigenvalue weighted by Gasteiger charge is 2.38. The summed E-state index contributed by atoms with van der Waals surface area (Å²) >= 11 is 1.54. The van der Waals surface area contributed by atoms with Crippen molar-refractivity contribution < 1.29 is 4.74 Å². The van der Waals surface area contributed by atoms with Gasteiger partial charge in [-0.2, -0.15) is 0 Å². The van der Waals surface area contributed by atoms with Crippen LogP contribution in [0.25, 0.3) is 0 Å². The van der Waals surface area contributed by atoms with Gasteiger partial charge in [-0.15, -0.1) is 0 Å². The van der Waals surface area contributed by atoms with Crippen LogP contribution in [0.5, 0.6) is 0 Å². The first-order valence-corrected chi connectivity index (χ1v) is 7.53. The summed E-state index contributed by atoms with van der Waals surface area (Å²) in [6, 6.07) is 0. The quantitative estimate of drug-likeness (QED) is 0.811. The van der Waals surface area contributed by atoms with Gasteiger partial charge in [-0.1, -0.05) is 0 Å². The van der Waals surface area contributed by atoms with Gasteiger partial charge >= 0.3 is 0 Å². The molecule has 18 heavy (non-hydrogen) atoms. The predicted molar refractivity (Wildman–Crippen MR) is 72.8 cm³/mol. The average molecular weight is 267 g/mol. The predicted octanol–water partition coefficient (Wildman–Crippen LogP) is 1.44. The highest BCUT2D eigenvalue weighted by molar-refractivity contribution is 7.03. The molecule has 0 aliphatic carbocycles. The molecule has 0 saturated carbocycles. The molecule has 1 aromatic rings. The molecule has 4 nitrogen and oxygen atoms in total. The number of likely N-dealkylation sites (tertiary alicyclic amines) is 1. The molecule has 2 aliphatic heterocycles. The van der Waals surface area contributed by atoms with Gasteiger partial charge in [-0.25, -0.2) is 4.37 Å². The molecule has 3 rings (SSSR count). The molecular weight excluding hydrogens is 246 g/mol. The number of hydrogen-bond acceptors (Lipinski definition) is 5. The molecule has 0 radical (unpaired) electrons. The fourth-order valence-electron chi connectivity index (χ4n) is 3.02. The van der Waals surface area contributed by atoms with Crippen molar-refractivity contribution in [3.05, 3.63) is 17.1 Å². The lowest BCUT2D eigenvalue weighted by Crippen LogP contribution is -2.55. The Morgan fingerprint density at radius 2 is 2.22 bits per heavy atom. The Kier molecular flexibility index (Phi) is 3.66. The van der Waals surface area contributed by atoms with Crippen molar-refractivity contribution in [1.29, 1.82) is 0 Å². The summed E-state index contributed by atoms with van der Waals surface area (Å²) in [5, 5.41) is 2.15. The Hall–Kier alpha value is -0.490. The van der Waals surface area contributed by atoms with Crippen LogP contribution in [0.3, 0.4) is 0 Å². The molecular formula is C13H21N3OS. The zero-order valence-corrected chi connectivity index (χ0v) is 11.8. The number of nitrogens with zero attached hydrogens (tertiary/aromatic N) is 3. The lowest BCUT2D eigenvalue weighted by molar-refractivity contribution is -0.131. The zero-order chi connectivity index (χ0) is 12.4. The van der Waals surface area contributed by atoms with E-state index in [1.54, 1.807) is 11.5 Å². The second-order valence-corrected chi connectivity index (χ2v) is 6.24. The van der Waals surface area contributed by atoms with Crippen LogP contribution in [-0.4, -0.2) is 59.6 Å². The van der Waals surface area contributed by atoms with Gasteiger partial charge in [0.15, 0.2) is 0 Å². The normalized spacial score (nSPS) is 25.6. The number of hydrogen-bond donors (Lipinski definition) is 0. The fraction of sp³-hybridized carbons (Fsp3) is 0.769. The van der Waals surface area contributed by atoms with Crippen molar-refractivity contribution in [2.45, 2.75) is 25.0 Å². The molecule has 3 heterocycles. The smallest absolute Gasteiger partial charge is 0.0833 e. The second-order valence-electron chi connectivity index (χ2n) is 5.58. The first-order valence-electron chi connectivity index (χ1n) is 6.69. The van der Waals surface area contributed by atoms with E-state index in [0.717, 1.165) is 52.2 Å². The maximum absolute atomic E-state index is 6.08. The topological polar surface area (TPSA) is 28.6 Å². The van der Waals surface area contributed by atoms with Gasteiger partial charge in [0.25, 0.3) is 0 Å². The zero-order valence-electron chi connectivity index (χ0n) is 11.0. The molecule has 0 bridgehead atoms. The number of aromatic nitrogens is 1. The molecule has 2 aliphatic rings. The Morgan fingerprint density at radius 1 is 1.39 bits per heavy atom. The third kappa shape index (κ3) is 2.74. The van der Waals surface area contributed by atoms with Crippen LogP contribution in [0.1, 0.15) is 18.4 Å². The standard InChI is InChI=1S/C13H21N3OS/c1-15-6-7-17-13(11-15)2-4-16(5-3-13)9-12-8-14-18-10-12/h8,10H,2-7,9,11H2,1H3. The van der Waals surface area contributed by atoms with Crippen LogP contribution >= 0.6 is 11.5 Å². The molecule has 1 spiro atoms. The van der Waals surface area contributed by atoms with Gasteiger partial charge in [0.2, 0.25) is 0 Å². The van der Waals surface area contributed by atoms with Crippen molar-refractivity contribution >= 4 is 11.5 Å². The minimum Gasteiger partial charge on any atom is -0.372 e. The summed E-state index contributed by atoms with van der Waals surface area (Å²) in [4.78, 5) is 4.93. The van der Waals surface area contributed by atoms with Crippen LogP contribution in [-0.2, 0) is 11.3 Å². The number of likely N-dealkylation sites (N-methyl/N-ethyl adjacent to an activating group) is 1. The minimum absolute atomic E-state index is 0.135. The van der Waals surface area contributed by atoms with E-state index in [9.17, 15) is 0 Å². The third-order valence-corrected chi connectivity index (χ3v) is 4.73. The number of ether oxygens (including phenoxy) is 1. The Balaban J connectivity index is 1.54. The van der Waals surface area contributed by atoms with Crippen LogP contribution in [0, 0.1) is 0 Å². The van der Waals surface area contributed by atoms with Crippen molar-refractivity contribution in [2.24, 2.45) is 0 Å². The first-order chi connectivity index (χ1) is 8.76. The number of morpholine rings is 1. The van der Waals surface area contributed by atoms with Gasteiger partial charge in [0, 0.05) is 44.3 Å². The lowest BCUT2D eigenvalue weighted by Gasteiger charge is -2.46. The largest absolute Gasteiger partial charge is 0.372 e. The third-order valence-electron chi connectivity index (χ3n) is 4.10. The second kappa shape index (κ2) is 5.25. The van der Waals surface area contributed by atoms with E-state index < -0.39 is 0 Å². The molecule has 0 unspecified atom stereocenters. The summed E-state index contributed by atoms with van der Waals surface area (Å²) in [6.07, 6.45) is 4.31. The monoisotopic (exact) mass is 267 g/mol. The molecule has 0 aromatic carbocycles. The highest BCUT2D eigenvalue weighted by atomic mass is 32.1. The molecule has 0 atom stereocenters. The summed E-state index contributed by atoms with van der Waals surface area (Å²) in [6.45, 7) is 6.40. The van der Waals surface area contributed by atoms with Gasteiger partial charge in [0.05, 0.1) is 12.2 Å². The van der Waals surface area contributed by atoms with Crippen molar-refractivity contribution in [2.75, 3.05) is 39.8 Å². The first kappa shape index (κ1) is 12.5. The molecule has 0 amide bonds. The SMILES string of the molecule is CN1CCOC2(CCN(Cc3cnsc3)CC2)C1. The number of piperidine rings is 1.